The highest BCUT2D eigenvalue weighted by atomic mass is 32.2. The number of nitrogens with one attached hydrogen (secondary N) is 2. The van der Waals surface area contributed by atoms with Gasteiger partial charge in [0, 0.05) is 16.9 Å². The van der Waals surface area contributed by atoms with Crippen molar-refractivity contribution in [3.8, 4) is 0 Å². The number of carbonyl (C=O) groups excluding carboxylic acids is 2. The number of halogens is 2. The van der Waals surface area contributed by atoms with E-state index in [4.69, 9.17) is 0 Å². The van der Waals surface area contributed by atoms with Crippen LogP contribution in [0.2, 0.25) is 0 Å². The molecule has 24 heavy (non-hydrogen) atoms. The fraction of sp³-hybridized carbons (Fsp3) is 0.176. The first kappa shape index (κ1) is 16.4. The number of benzene rings is 2. The summed E-state index contributed by atoms with van der Waals surface area (Å²) in [5.41, 5.74) is 2.95. The maximum Gasteiger partial charge on any atom is 0.242 e. The molecule has 0 spiro atoms. The van der Waals surface area contributed by atoms with E-state index in [1.807, 2.05) is 6.26 Å². The van der Waals surface area contributed by atoms with Gasteiger partial charge in [0.1, 0.15) is 16.9 Å². The predicted molar refractivity (Wildman–Crippen MR) is 90.0 cm³/mol. The van der Waals surface area contributed by atoms with Gasteiger partial charge in [-0.2, -0.15) is 0 Å². The first-order valence-corrected chi connectivity index (χ1v) is 8.48. The fourth-order valence-corrected chi connectivity index (χ4v) is 3.36. The van der Waals surface area contributed by atoms with Gasteiger partial charge >= 0.3 is 0 Å². The van der Waals surface area contributed by atoms with Crippen LogP contribution in [0, 0.1) is 11.6 Å². The van der Waals surface area contributed by atoms with Crippen LogP contribution in [0.15, 0.2) is 36.4 Å². The summed E-state index contributed by atoms with van der Waals surface area (Å²) in [7, 11) is 0. The molecule has 2 amide bonds. The fourth-order valence-electron chi connectivity index (χ4n) is 2.64. The molecule has 2 aliphatic rings. The molecule has 0 saturated heterocycles. The van der Waals surface area contributed by atoms with Crippen molar-refractivity contribution in [2.24, 2.45) is 0 Å². The van der Waals surface area contributed by atoms with Gasteiger partial charge in [-0.15, -0.1) is 11.8 Å². The quantitative estimate of drug-likeness (QED) is 0.829. The Bertz CT molecular complexity index is 826. The Morgan fingerprint density at radius 2 is 1.67 bits per heavy atom. The van der Waals surface area contributed by atoms with E-state index in [2.05, 4.69) is 10.6 Å². The molecule has 2 aliphatic heterocycles. The summed E-state index contributed by atoms with van der Waals surface area (Å²) in [5, 5.41) is 5.06. The highest BCUT2D eigenvalue weighted by Crippen LogP contribution is 2.38. The first-order chi connectivity index (χ1) is 11.5. The lowest BCUT2D eigenvalue weighted by atomic mass is 10.1. The van der Waals surface area contributed by atoms with E-state index >= 15 is 0 Å². The number of carbonyl (C=O) groups is 2. The maximum absolute atomic E-state index is 12.9. The standard InChI is InChI=1S/C9H8FNOS.C8H6FNO/c1-13-8-6-4-5(10)2-3-7(6)11-9(8)12;9-6-1-2-7-5(3-6)4-8(11)10-7/h2-4,8H,1H3,(H,11,12);1-3H,4H2,(H,10,11). The Morgan fingerprint density at radius 1 is 1.00 bits per heavy atom. The zero-order valence-electron chi connectivity index (χ0n) is 12.7. The lowest BCUT2D eigenvalue weighted by Gasteiger charge is -2.03. The summed E-state index contributed by atoms with van der Waals surface area (Å²) in [6, 6.07) is 8.66. The highest BCUT2D eigenvalue weighted by Gasteiger charge is 2.29. The second-order valence-electron chi connectivity index (χ2n) is 5.36. The van der Waals surface area contributed by atoms with Crippen LogP contribution in [0.5, 0.6) is 0 Å². The Hall–Kier alpha value is -2.41. The molecule has 2 aromatic rings. The van der Waals surface area contributed by atoms with E-state index in [1.54, 1.807) is 12.1 Å². The van der Waals surface area contributed by atoms with Crippen LogP contribution in [0.25, 0.3) is 0 Å². The van der Waals surface area contributed by atoms with Gasteiger partial charge < -0.3 is 10.6 Å². The van der Waals surface area contributed by atoms with E-state index in [1.165, 1.54) is 36.0 Å². The smallest absolute Gasteiger partial charge is 0.242 e. The van der Waals surface area contributed by atoms with Gasteiger partial charge in [-0.1, -0.05) is 0 Å². The SMILES string of the molecule is CSC1C(=O)Nc2ccc(F)cc21.O=C1Cc2cc(F)ccc2N1. The minimum Gasteiger partial charge on any atom is -0.326 e. The molecule has 0 aliphatic carbocycles. The van der Waals surface area contributed by atoms with Crippen LogP contribution in [0.4, 0.5) is 20.2 Å². The van der Waals surface area contributed by atoms with Crippen molar-refractivity contribution in [3.63, 3.8) is 0 Å². The third-order valence-corrected chi connectivity index (χ3v) is 4.66. The summed E-state index contributed by atoms with van der Waals surface area (Å²) >= 11 is 1.41. The van der Waals surface area contributed by atoms with Crippen molar-refractivity contribution in [2.75, 3.05) is 16.9 Å². The minimum absolute atomic E-state index is 0.0619. The van der Waals surface area contributed by atoms with Crippen molar-refractivity contribution in [2.45, 2.75) is 11.7 Å². The van der Waals surface area contributed by atoms with E-state index in [9.17, 15) is 18.4 Å². The van der Waals surface area contributed by atoms with Crippen LogP contribution in [-0.2, 0) is 16.0 Å². The molecule has 1 atom stereocenters. The minimum atomic E-state index is -0.297. The van der Waals surface area contributed by atoms with E-state index in [0.717, 1.165) is 22.5 Å². The van der Waals surface area contributed by atoms with Gasteiger partial charge in [-0.3, -0.25) is 9.59 Å². The van der Waals surface area contributed by atoms with Crippen LogP contribution in [0.1, 0.15) is 16.4 Å². The monoisotopic (exact) mass is 348 g/mol. The Labute approximate surface area is 141 Å². The zero-order valence-corrected chi connectivity index (χ0v) is 13.5. The topological polar surface area (TPSA) is 58.2 Å². The number of fused-ring (bicyclic) bond motifs is 2. The number of thioether (sulfide) groups is 1. The molecule has 1 unspecified atom stereocenters. The van der Waals surface area contributed by atoms with E-state index < -0.39 is 0 Å². The molecule has 2 heterocycles. The predicted octanol–water partition coefficient (Wildman–Crippen LogP) is 3.50. The van der Waals surface area contributed by atoms with Crippen LogP contribution >= 0.6 is 11.8 Å². The normalized spacial score (nSPS) is 17.4. The number of rotatable bonds is 1. The zero-order chi connectivity index (χ0) is 17.3. The third-order valence-electron chi connectivity index (χ3n) is 3.72. The lowest BCUT2D eigenvalue weighted by molar-refractivity contribution is -0.116. The molecule has 0 fully saturated rings. The number of hydrogen-bond donors (Lipinski definition) is 2. The molecule has 4 rings (SSSR count). The van der Waals surface area contributed by atoms with Crippen LogP contribution in [-0.4, -0.2) is 18.1 Å². The molecule has 7 heteroatoms. The second-order valence-corrected chi connectivity index (χ2v) is 6.31. The number of hydrogen-bond acceptors (Lipinski definition) is 3. The van der Waals surface area contributed by atoms with Crippen molar-refractivity contribution in [1.29, 1.82) is 0 Å². The van der Waals surface area contributed by atoms with Gasteiger partial charge in [0.15, 0.2) is 0 Å². The van der Waals surface area contributed by atoms with Crippen molar-refractivity contribution in [3.05, 3.63) is 59.2 Å². The number of anilines is 2. The van der Waals surface area contributed by atoms with Crippen LogP contribution < -0.4 is 10.6 Å². The molecular formula is C17H14F2N2O2S. The molecule has 0 aromatic heterocycles. The van der Waals surface area contributed by atoms with Crippen molar-refractivity contribution in [1.82, 2.24) is 0 Å². The summed E-state index contributed by atoms with van der Waals surface area (Å²) in [6.07, 6.45) is 2.14. The summed E-state index contributed by atoms with van der Waals surface area (Å²) in [4.78, 5) is 22.1. The summed E-state index contributed by atoms with van der Waals surface area (Å²) in [6.45, 7) is 0. The molecule has 2 N–H and O–H groups in total. The van der Waals surface area contributed by atoms with Crippen LogP contribution in [0.3, 0.4) is 0 Å². The summed E-state index contributed by atoms with van der Waals surface area (Å²) in [5.74, 6) is -0.715. The Balaban J connectivity index is 0.000000143. The van der Waals surface area contributed by atoms with E-state index in [-0.39, 0.29) is 28.7 Å². The van der Waals surface area contributed by atoms with Gasteiger partial charge in [-0.05, 0) is 48.2 Å². The van der Waals surface area contributed by atoms with E-state index in [0.29, 0.717) is 6.42 Å². The third kappa shape index (κ3) is 3.26. The lowest BCUT2D eigenvalue weighted by Crippen LogP contribution is -2.08. The maximum atomic E-state index is 12.9. The largest absolute Gasteiger partial charge is 0.326 e. The molecular weight excluding hydrogens is 334 g/mol. The molecule has 124 valence electrons. The summed E-state index contributed by atoms with van der Waals surface area (Å²) < 4.78 is 25.4. The number of amides is 2. The van der Waals surface area contributed by atoms with Gasteiger partial charge in [-0.25, -0.2) is 8.78 Å². The molecule has 4 nitrogen and oxygen atoms in total. The molecule has 0 saturated carbocycles. The second kappa shape index (κ2) is 6.60. The van der Waals surface area contributed by atoms with Gasteiger partial charge in [0.05, 0.1) is 6.42 Å². The molecule has 2 aromatic carbocycles. The highest BCUT2D eigenvalue weighted by molar-refractivity contribution is 7.99. The molecule has 0 radical (unpaired) electrons. The Kier molecular flexibility index (Phi) is 4.53. The average Bonchev–Trinajstić information content (AvgIpc) is 3.05. The first-order valence-electron chi connectivity index (χ1n) is 7.19. The van der Waals surface area contributed by atoms with Crippen molar-refractivity contribution < 1.29 is 18.4 Å². The van der Waals surface area contributed by atoms with Gasteiger partial charge in [0.25, 0.3) is 0 Å². The molecule has 0 bridgehead atoms. The van der Waals surface area contributed by atoms with Gasteiger partial charge in [0.2, 0.25) is 11.8 Å². The van der Waals surface area contributed by atoms with Crippen molar-refractivity contribution >= 4 is 35.0 Å². The Morgan fingerprint density at radius 3 is 2.38 bits per heavy atom. The average molecular weight is 348 g/mol.